The first-order valence-electron chi connectivity index (χ1n) is 5.51. The van der Waals surface area contributed by atoms with E-state index in [9.17, 15) is 13.2 Å². The molecule has 6 nitrogen and oxygen atoms in total. The number of aromatic amines is 1. The van der Waals surface area contributed by atoms with Crippen molar-refractivity contribution in [2.75, 3.05) is 4.72 Å². The number of nitrogens with one attached hydrogen (secondary N) is 2. The summed E-state index contributed by atoms with van der Waals surface area (Å²) in [6.45, 7) is 1.63. The molecule has 0 aliphatic heterocycles. The zero-order chi connectivity index (χ0) is 14.9. The number of carbonyl (C=O) groups is 1. The van der Waals surface area contributed by atoms with Gasteiger partial charge in [0, 0.05) is 10.7 Å². The van der Waals surface area contributed by atoms with E-state index in [-0.39, 0.29) is 21.3 Å². The molecule has 1 aromatic carbocycles. The predicted molar refractivity (Wildman–Crippen MR) is 74.7 cm³/mol. The van der Waals surface area contributed by atoms with Gasteiger partial charge in [-0.25, -0.2) is 13.2 Å². The molecule has 8 heteroatoms. The molecule has 106 valence electrons. The Morgan fingerprint density at radius 2 is 2.05 bits per heavy atom. The van der Waals surface area contributed by atoms with E-state index < -0.39 is 16.0 Å². The number of rotatable bonds is 4. The minimum Gasteiger partial charge on any atom is -0.477 e. The summed E-state index contributed by atoms with van der Waals surface area (Å²) < 4.78 is 26.6. The molecule has 3 N–H and O–H groups in total. The SMILES string of the molecule is Cc1cc(NS(=O)(=O)c2cccc(Cl)c2)c(C(=O)O)[nH]1. The van der Waals surface area contributed by atoms with E-state index in [2.05, 4.69) is 9.71 Å². The fourth-order valence-electron chi connectivity index (χ4n) is 1.68. The van der Waals surface area contributed by atoms with Gasteiger partial charge < -0.3 is 10.1 Å². The van der Waals surface area contributed by atoms with Gasteiger partial charge in [0.05, 0.1) is 10.6 Å². The van der Waals surface area contributed by atoms with Crippen LogP contribution in [0, 0.1) is 6.92 Å². The minimum atomic E-state index is -3.90. The number of H-pyrrole nitrogens is 1. The number of aryl methyl sites for hydroxylation is 1. The first-order valence-corrected chi connectivity index (χ1v) is 7.37. The molecule has 2 aromatic rings. The van der Waals surface area contributed by atoms with Crippen molar-refractivity contribution in [1.82, 2.24) is 4.98 Å². The molecule has 0 saturated heterocycles. The van der Waals surface area contributed by atoms with Crippen LogP contribution in [0.25, 0.3) is 0 Å². The Kier molecular flexibility index (Phi) is 3.74. The standard InChI is InChI=1S/C12H11ClN2O4S/c1-7-5-10(11(14-7)12(16)17)15-20(18,19)9-4-2-3-8(13)6-9/h2-6,14-15H,1H3,(H,16,17). The molecule has 0 unspecified atom stereocenters. The van der Waals surface area contributed by atoms with E-state index in [1.807, 2.05) is 0 Å². The van der Waals surface area contributed by atoms with Gasteiger partial charge in [-0.1, -0.05) is 17.7 Å². The molecule has 20 heavy (non-hydrogen) atoms. The van der Waals surface area contributed by atoms with Crippen LogP contribution in [0.4, 0.5) is 5.69 Å². The van der Waals surface area contributed by atoms with Gasteiger partial charge in [-0.05, 0) is 31.2 Å². The maximum Gasteiger partial charge on any atom is 0.354 e. The van der Waals surface area contributed by atoms with Crippen LogP contribution in [0.5, 0.6) is 0 Å². The smallest absolute Gasteiger partial charge is 0.354 e. The minimum absolute atomic E-state index is 0.0185. The van der Waals surface area contributed by atoms with Gasteiger partial charge in [-0.15, -0.1) is 0 Å². The number of hydrogen-bond donors (Lipinski definition) is 3. The number of anilines is 1. The van der Waals surface area contributed by atoms with Crippen molar-refractivity contribution in [3.05, 3.63) is 46.7 Å². The number of benzene rings is 1. The lowest BCUT2D eigenvalue weighted by Gasteiger charge is -2.07. The number of carboxylic acid groups (broad SMARTS) is 1. The van der Waals surface area contributed by atoms with Gasteiger partial charge >= 0.3 is 5.97 Å². The monoisotopic (exact) mass is 314 g/mol. The maximum absolute atomic E-state index is 12.2. The average molecular weight is 315 g/mol. The first kappa shape index (κ1) is 14.4. The molecule has 0 aliphatic carbocycles. The molecule has 0 fully saturated rings. The molecule has 1 aromatic heterocycles. The number of aromatic nitrogens is 1. The Labute approximate surface area is 120 Å². The highest BCUT2D eigenvalue weighted by molar-refractivity contribution is 7.92. The maximum atomic E-state index is 12.2. The number of hydrogen-bond acceptors (Lipinski definition) is 3. The lowest BCUT2D eigenvalue weighted by molar-refractivity contribution is 0.0692. The second kappa shape index (κ2) is 5.18. The molecule has 0 bridgehead atoms. The van der Waals surface area contributed by atoms with Gasteiger partial charge in [0.25, 0.3) is 10.0 Å². The zero-order valence-electron chi connectivity index (χ0n) is 10.3. The molecule has 0 amide bonds. The second-order valence-corrected chi connectivity index (χ2v) is 6.23. The molecule has 0 atom stereocenters. The van der Waals surface area contributed by atoms with Gasteiger partial charge in [-0.2, -0.15) is 0 Å². The van der Waals surface area contributed by atoms with Crippen molar-refractivity contribution < 1.29 is 18.3 Å². The Balaban J connectivity index is 2.41. The van der Waals surface area contributed by atoms with Crippen molar-refractivity contribution in [2.24, 2.45) is 0 Å². The summed E-state index contributed by atoms with van der Waals surface area (Å²) in [5.74, 6) is -1.25. The summed E-state index contributed by atoms with van der Waals surface area (Å²) >= 11 is 5.75. The van der Waals surface area contributed by atoms with E-state index in [0.717, 1.165) is 0 Å². The van der Waals surface area contributed by atoms with Crippen molar-refractivity contribution >= 4 is 33.3 Å². The summed E-state index contributed by atoms with van der Waals surface area (Å²) in [6.07, 6.45) is 0. The van der Waals surface area contributed by atoms with Crippen LogP contribution in [0.3, 0.4) is 0 Å². The number of carboxylic acids is 1. The highest BCUT2D eigenvalue weighted by Gasteiger charge is 2.20. The predicted octanol–water partition coefficient (Wildman–Crippen LogP) is 2.48. The number of sulfonamides is 1. The third-order valence-electron chi connectivity index (χ3n) is 2.52. The molecule has 0 radical (unpaired) electrons. The van der Waals surface area contributed by atoms with Crippen molar-refractivity contribution in [3.63, 3.8) is 0 Å². The zero-order valence-corrected chi connectivity index (χ0v) is 11.9. The third-order valence-corrected chi connectivity index (χ3v) is 4.12. The molecular formula is C12H11ClN2O4S. The summed E-state index contributed by atoms with van der Waals surface area (Å²) in [5.41, 5.74) is 0.300. The summed E-state index contributed by atoms with van der Waals surface area (Å²) in [7, 11) is -3.90. The number of aromatic carboxylic acids is 1. The van der Waals surface area contributed by atoms with E-state index in [1.54, 1.807) is 13.0 Å². The topological polar surface area (TPSA) is 99.3 Å². The Morgan fingerprint density at radius 1 is 1.35 bits per heavy atom. The van der Waals surface area contributed by atoms with Crippen LogP contribution in [-0.4, -0.2) is 24.5 Å². The molecule has 0 saturated carbocycles. The average Bonchev–Trinajstić information content (AvgIpc) is 2.69. The summed E-state index contributed by atoms with van der Waals surface area (Å²) in [4.78, 5) is 13.6. The summed E-state index contributed by atoms with van der Waals surface area (Å²) in [5, 5.41) is 9.28. The molecule has 0 spiro atoms. The van der Waals surface area contributed by atoms with E-state index >= 15 is 0 Å². The van der Waals surface area contributed by atoms with Gasteiger partial charge in [0.2, 0.25) is 0 Å². The van der Waals surface area contributed by atoms with Crippen LogP contribution in [0.15, 0.2) is 35.2 Å². The highest BCUT2D eigenvalue weighted by atomic mass is 35.5. The Bertz CT molecular complexity index is 768. The molecule has 1 heterocycles. The van der Waals surface area contributed by atoms with Crippen LogP contribution in [0.1, 0.15) is 16.2 Å². The van der Waals surface area contributed by atoms with E-state index in [0.29, 0.717) is 5.69 Å². The van der Waals surface area contributed by atoms with Crippen LogP contribution in [-0.2, 0) is 10.0 Å². The van der Waals surface area contributed by atoms with Crippen molar-refractivity contribution in [2.45, 2.75) is 11.8 Å². The summed E-state index contributed by atoms with van der Waals surface area (Å²) in [6, 6.07) is 7.10. The largest absolute Gasteiger partial charge is 0.477 e. The molecule has 2 rings (SSSR count). The third kappa shape index (κ3) is 2.94. The van der Waals surface area contributed by atoms with Crippen LogP contribution in [0.2, 0.25) is 5.02 Å². The highest BCUT2D eigenvalue weighted by Crippen LogP contribution is 2.22. The van der Waals surface area contributed by atoms with Crippen molar-refractivity contribution in [3.8, 4) is 0 Å². The lowest BCUT2D eigenvalue weighted by atomic mass is 10.4. The number of halogens is 1. The molecular weight excluding hydrogens is 304 g/mol. The fourth-order valence-corrected chi connectivity index (χ4v) is 3.04. The lowest BCUT2D eigenvalue weighted by Crippen LogP contribution is -2.14. The Morgan fingerprint density at radius 3 is 2.65 bits per heavy atom. The first-order chi connectivity index (χ1) is 9.29. The van der Waals surface area contributed by atoms with E-state index in [4.69, 9.17) is 16.7 Å². The quantitative estimate of drug-likeness (QED) is 0.807. The Hall–Kier alpha value is -1.99. The second-order valence-electron chi connectivity index (χ2n) is 4.11. The van der Waals surface area contributed by atoms with Crippen LogP contribution < -0.4 is 4.72 Å². The fraction of sp³-hybridized carbons (Fsp3) is 0.0833. The molecule has 0 aliphatic rings. The van der Waals surface area contributed by atoms with Gasteiger partial charge in [-0.3, -0.25) is 4.72 Å². The van der Waals surface area contributed by atoms with Gasteiger partial charge in [0.15, 0.2) is 0 Å². The normalized spacial score (nSPS) is 11.3. The van der Waals surface area contributed by atoms with Crippen LogP contribution >= 0.6 is 11.6 Å². The van der Waals surface area contributed by atoms with E-state index in [1.165, 1.54) is 24.3 Å². The van der Waals surface area contributed by atoms with Crippen molar-refractivity contribution in [1.29, 1.82) is 0 Å². The van der Waals surface area contributed by atoms with Gasteiger partial charge in [0.1, 0.15) is 5.69 Å².